The van der Waals surface area contributed by atoms with E-state index in [0.717, 1.165) is 22.3 Å². The molecule has 0 aromatic heterocycles. The van der Waals surface area contributed by atoms with Gasteiger partial charge < -0.3 is 5.11 Å². The van der Waals surface area contributed by atoms with Crippen LogP contribution >= 0.6 is 15.9 Å². The molecule has 0 heterocycles. The first-order chi connectivity index (χ1) is 7.21. The van der Waals surface area contributed by atoms with Gasteiger partial charge in [-0.25, -0.2) is 0 Å². The van der Waals surface area contributed by atoms with Crippen molar-refractivity contribution in [3.05, 3.63) is 59.7 Å². The molecule has 0 bridgehead atoms. The summed E-state index contributed by atoms with van der Waals surface area (Å²) < 4.78 is -1.03. The zero-order valence-corrected chi connectivity index (χ0v) is 9.53. The second-order valence-corrected chi connectivity index (χ2v) is 4.86. The molecular weight excluding hydrogens is 252 g/mol. The van der Waals surface area contributed by atoms with Gasteiger partial charge >= 0.3 is 0 Å². The highest BCUT2D eigenvalue weighted by Crippen LogP contribution is 2.50. The summed E-state index contributed by atoms with van der Waals surface area (Å²) >= 11 is 3.40. The molecule has 0 amide bonds. The van der Waals surface area contributed by atoms with Crippen LogP contribution in [0.15, 0.2) is 48.5 Å². The van der Waals surface area contributed by atoms with Gasteiger partial charge in [-0.1, -0.05) is 48.5 Å². The van der Waals surface area contributed by atoms with Crippen LogP contribution in [0.2, 0.25) is 0 Å². The standard InChI is InChI=1S/C13H9BrO/c14-13(15)11-7-3-1-5-9(11)10-6-2-4-8-12(10)13/h1-8,15H. The summed E-state index contributed by atoms with van der Waals surface area (Å²) in [6, 6.07) is 15.8. The van der Waals surface area contributed by atoms with Crippen LogP contribution in [-0.4, -0.2) is 5.11 Å². The molecule has 2 heteroatoms. The molecule has 0 saturated carbocycles. The highest BCUT2D eigenvalue weighted by molar-refractivity contribution is 9.09. The van der Waals surface area contributed by atoms with Gasteiger partial charge in [0.05, 0.1) is 0 Å². The molecule has 74 valence electrons. The Balaban J connectivity index is 2.42. The monoisotopic (exact) mass is 260 g/mol. The number of rotatable bonds is 0. The number of benzene rings is 2. The van der Waals surface area contributed by atoms with Gasteiger partial charge in [-0.3, -0.25) is 0 Å². The molecule has 15 heavy (non-hydrogen) atoms. The van der Waals surface area contributed by atoms with E-state index in [1.54, 1.807) is 0 Å². The van der Waals surface area contributed by atoms with Crippen LogP contribution < -0.4 is 0 Å². The van der Waals surface area contributed by atoms with Crippen LogP contribution in [0.4, 0.5) is 0 Å². The number of fused-ring (bicyclic) bond motifs is 3. The highest BCUT2D eigenvalue weighted by Gasteiger charge is 2.38. The van der Waals surface area contributed by atoms with Gasteiger partial charge in [0.15, 0.2) is 4.51 Å². The van der Waals surface area contributed by atoms with Crippen LogP contribution in [-0.2, 0) is 4.51 Å². The first kappa shape index (κ1) is 9.13. The summed E-state index contributed by atoms with van der Waals surface area (Å²) in [6.45, 7) is 0. The molecule has 1 nitrogen and oxygen atoms in total. The molecule has 0 saturated heterocycles. The molecule has 0 radical (unpaired) electrons. The summed E-state index contributed by atoms with van der Waals surface area (Å²) in [5, 5.41) is 10.4. The fraction of sp³-hybridized carbons (Fsp3) is 0.0769. The first-order valence-corrected chi connectivity index (χ1v) is 5.61. The lowest BCUT2D eigenvalue weighted by atomic mass is 10.1. The van der Waals surface area contributed by atoms with E-state index >= 15 is 0 Å². The van der Waals surface area contributed by atoms with Gasteiger partial charge in [0.25, 0.3) is 0 Å². The van der Waals surface area contributed by atoms with Crippen molar-refractivity contribution in [1.82, 2.24) is 0 Å². The Morgan fingerprint density at radius 2 is 1.20 bits per heavy atom. The van der Waals surface area contributed by atoms with Gasteiger partial charge in [0.2, 0.25) is 0 Å². The number of alkyl halides is 1. The molecular formula is C13H9BrO. The van der Waals surface area contributed by atoms with E-state index in [2.05, 4.69) is 15.9 Å². The third-order valence-corrected chi connectivity index (χ3v) is 3.71. The minimum atomic E-state index is -1.03. The van der Waals surface area contributed by atoms with Gasteiger partial charge in [0.1, 0.15) is 0 Å². The van der Waals surface area contributed by atoms with Crippen molar-refractivity contribution >= 4 is 15.9 Å². The van der Waals surface area contributed by atoms with E-state index in [9.17, 15) is 5.11 Å². The Labute approximate surface area is 96.5 Å². The van der Waals surface area contributed by atoms with E-state index in [1.807, 2.05) is 48.5 Å². The Kier molecular flexibility index (Phi) is 1.79. The quantitative estimate of drug-likeness (QED) is 0.722. The van der Waals surface area contributed by atoms with Gasteiger partial charge in [-0.2, -0.15) is 0 Å². The average molecular weight is 261 g/mol. The molecule has 2 aromatic carbocycles. The predicted molar refractivity (Wildman–Crippen MR) is 63.8 cm³/mol. The van der Waals surface area contributed by atoms with Crippen molar-refractivity contribution in [2.24, 2.45) is 0 Å². The van der Waals surface area contributed by atoms with E-state index in [0.29, 0.717) is 0 Å². The van der Waals surface area contributed by atoms with Gasteiger partial charge in [-0.15, -0.1) is 0 Å². The summed E-state index contributed by atoms with van der Waals surface area (Å²) in [6.07, 6.45) is 0. The molecule has 3 rings (SSSR count). The van der Waals surface area contributed by atoms with E-state index < -0.39 is 4.51 Å². The number of aliphatic hydroxyl groups is 1. The van der Waals surface area contributed by atoms with E-state index in [4.69, 9.17) is 0 Å². The molecule has 0 fully saturated rings. The molecule has 0 spiro atoms. The lowest BCUT2D eigenvalue weighted by Crippen LogP contribution is -2.14. The van der Waals surface area contributed by atoms with Crippen molar-refractivity contribution < 1.29 is 5.11 Å². The SMILES string of the molecule is OC1(Br)c2ccccc2-c2ccccc21. The summed E-state index contributed by atoms with van der Waals surface area (Å²) in [5.41, 5.74) is 4.05. The average Bonchev–Trinajstić information content (AvgIpc) is 2.51. The largest absolute Gasteiger partial charge is 0.371 e. The van der Waals surface area contributed by atoms with Crippen molar-refractivity contribution in [3.8, 4) is 11.1 Å². The zero-order chi connectivity index (χ0) is 10.5. The Morgan fingerprint density at radius 1 is 0.800 bits per heavy atom. The lowest BCUT2D eigenvalue weighted by Gasteiger charge is -2.16. The van der Waals surface area contributed by atoms with Crippen molar-refractivity contribution in [2.45, 2.75) is 4.51 Å². The van der Waals surface area contributed by atoms with Crippen LogP contribution in [0.25, 0.3) is 11.1 Å². The maximum atomic E-state index is 10.4. The molecule has 1 aliphatic carbocycles. The summed E-state index contributed by atoms with van der Waals surface area (Å²) in [7, 11) is 0. The van der Waals surface area contributed by atoms with Crippen LogP contribution in [0.3, 0.4) is 0 Å². The normalized spacial score (nSPS) is 15.9. The third-order valence-electron chi connectivity index (χ3n) is 2.86. The maximum Gasteiger partial charge on any atom is 0.171 e. The second kappa shape index (κ2) is 2.94. The van der Waals surface area contributed by atoms with Crippen molar-refractivity contribution in [3.63, 3.8) is 0 Å². The highest BCUT2D eigenvalue weighted by atomic mass is 79.9. The van der Waals surface area contributed by atoms with Gasteiger partial charge in [-0.05, 0) is 27.1 Å². The molecule has 2 aromatic rings. The molecule has 1 aliphatic rings. The predicted octanol–water partition coefficient (Wildman–Crippen LogP) is 3.26. The fourth-order valence-electron chi connectivity index (χ4n) is 2.16. The third kappa shape index (κ3) is 1.12. The summed E-state index contributed by atoms with van der Waals surface area (Å²) in [5.74, 6) is 0. The minimum Gasteiger partial charge on any atom is -0.371 e. The van der Waals surface area contributed by atoms with Crippen LogP contribution in [0.1, 0.15) is 11.1 Å². The lowest BCUT2D eigenvalue weighted by molar-refractivity contribution is 0.194. The Hall–Kier alpha value is -1.12. The Bertz CT molecular complexity index is 484. The van der Waals surface area contributed by atoms with Gasteiger partial charge in [0, 0.05) is 11.1 Å². The van der Waals surface area contributed by atoms with E-state index in [1.165, 1.54) is 0 Å². The first-order valence-electron chi connectivity index (χ1n) is 4.82. The number of hydrogen-bond acceptors (Lipinski definition) is 1. The number of halogens is 1. The zero-order valence-electron chi connectivity index (χ0n) is 7.94. The van der Waals surface area contributed by atoms with Crippen LogP contribution in [0.5, 0.6) is 0 Å². The van der Waals surface area contributed by atoms with Crippen molar-refractivity contribution in [1.29, 1.82) is 0 Å². The number of hydrogen-bond donors (Lipinski definition) is 1. The molecule has 0 aliphatic heterocycles. The second-order valence-electron chi connectivity index (χ2n) is 3.71. The topological polar surface area (TPSA) is 20.2 Å². The van der Waals surface area contributed by atoms with Crippen molar-refractivity contribution in [2.75, 3.05) is 0 Å². The fourth-order valence-corrected chi connectivity index (χ4v) is 2.85. The molecule has 0 atom stereocenters. The maximum absolute atomic E-state index is 10.4. The van der Waals surface area contributed by atoms with E-state index in [-0.39, 0.29) is 0 Å². The van der Waals surface area contributed by atoms with Crippen LogP contribution in [0, 0.1) is 0 Å². The Morgan fingerprint density at radius 3 is 1.67 bits per heavy atom. The smallest absolute Gasteiger partial charge is 0.171 e. The minimum absolute atomic E-state index is 0.922. The molecule has 1 N–H and O–H groups in total. The molecule has 0 unspecified atom stereocenters. The summed E-state index contributed by atoms with van der Waals surface area (Å²) in [4.78, 5) is 0.